The summed E-state index contributed by atoms with van der Waals surface area (Å²) >= 11 is 3.31. The SMILES string of the molecule is COC(=O)c1c(-c2cncc(Br)c2)noc1C. The van der Waals surface area contributed by atoms with Crippen molar-refractivity contribution in [3.63, 3.8) is 0 Å². The van der Waals surface area contributed by atoms with Gasteiger partial charge in [0.2, 0.25) is 0 Å². The van der Waals surface area contributed by atoms with Gasteiger partial charge in [-0.15, -0.1) is 0 Å². The molecule has 0 aromatic carbocycles. The number of nitrogens with zero attached hydrogens (tertiary/aromatic N) is 2. The van der Waals surface area contributed by atoms with Gasteiger partial charge in [0.25, 0.3) is 0 Å². The van der Waals surface area contributed by atoms with Crippen LogP contribution >= 0.6 is 15.9 Å². The minimum atomic E-state index is -0.473. The molecule has 2 aromatic heterocycles. The van der Waals surface area contributed by atoms with Crippen LogP contribution in [-0.2, 0) is 4.74 Å². The Balaban J connectivity index is 2.57. The normalized spacial score (nSPS) is 10.3. The van der Waals surface area contributed by atoms with Gasteiger partial charge in [0.15, 0.2) is 0 Å². The Morgan fingerprint density at radius 3 is 2.88 bits per heavy atom. The maximum absolute atomic E-state index is 11.6. The number of halogens is 1. The van der Waals surface area contributed by atoms with Crippen molar-refractivity contribution in [1.29, 1.82) is 0 Å². The molecule has 17 heavy (non-hydrogen) atoms. The van der Waals surface area contributed by atoms with Crippen LogP contribution in [-0.4, -0.2) is 23.2 Å². The largest absolute Gasteiger partial charge is 0.465 e. The van der Waals surface area contributed by atoms with Gasteiger partial charge in [0.1, 0.15) is 17.0 Å². The molecule has 2 heterocycles. The molecule has 5 nitrogen and oxygen atoms in total. The second-order valence-corrected chi connectivity index (χ2v) is 4.26. The molecular formula is C11H9BrN2O3. The van der Waals surface area contributed by atoms with Gasteiger partial charge in [-0.1, -0.05) is 5.16 Å². The summed E-state index contributed by atoms with van der Waals surface area (Å²) in [6.07, 6.45) is 3.25. The predicted molar refractivity (Wildman–Crippen MR) is 63.5 cm³/mol. The predicted octanol–water partition coefficient (Wildman–Crippen LogP) is 2.59. The first kappa shape index (κ1) is 11.8. The lowest BCUT2D eigenvalue weighted by Gasteiger charge is -2.00. The Hall–Kier alpha value is -1.69. The van der Waals surface area contributed by atoms with Gasteiger partial charge in [-0.2, -0.15) is 0 Å². The van der Waals surface area contributed by atoms with Crippen molar-refractivity contribution < 1.29 is 14.1 Å². The summed E-state index contributed by atoms with van der Waals surface area (Å²) < 4.78 is 10.5. The lowest BCUT2D eigenvalue weighted by Crippen LogP contribution is -2.03. The number of carbonyl (C=O) groups excluding carboxylic acids is 1. The number of carbonyl (C=O) groups is 1. The van der Waals surface area contributed by atoms with Gasteiger partial charge >= 0.3 is 5.97 Å². The number of aromatic nitrogens is 2. The smallest absolute Gasteiger partial charge is 0.343 e. The van der Waals surface area contributed by atoms with Crippen LogP contribution in [0.25, 0.3) is 11.3 Å². The van der Waals surface area contributed by atoms with E-state index in [4.69, 9.17) is 9.26 Å². The third-order valence-electron chi connectivity index (χ3n) is 2.23. The number of methoxy groups -OCH3 is 1. The second-order valence-electron chi connectivity index (χ2n) is 3.35. The van der Waals surface area contributed by atoms with E-state index in [-0.39, 0.29) is 0 Å². The first-order chi connectivity index (χ1) is 8.13. The molecule has 0 aliphatic heterocycles. The molecule has 0 aliphatic carbocycles. The van der Waals surface area contributed by atoms with E-state index < -0.39 is 5.97 Å². The van der Waals surface area contributed by atoms with Gasteiger partial charge in [-0.3, -0.25) is 4.98 Å². The summed E-state index contributed by atoms with van der Waals surface area (Å²) in [6.45, 7) is 1.66. The fraction of sp³-hybridized carbons (Fsp3) is 0.182. The van der Waals surface area contributed by atoms with Gasteiger partial charge in [0, 0.05) is 22.4 Å². The zero-order chi connectivity index (χ0) is 12.4. The maximum atomic E-state index is 11.6. The highest BCUT2D eigenvalue weighted by atomic mass is 79.9. The van der Waals surface area contributed by atoms with E-state index in [0.717, 1.165) is 4.47 Å². The Kier molecular flexibility index (Phi) is 3.23. The molecule has 0 radical (unpaired) electrons. The van der Waals surface area contributed by atoms with Gasteiger partial charge in [-0.25, -0.2) is 4.79 Å². The summed E-state index contributed by atoms with van der Waals surface area (Å²) in [6, 6.07) is 1.80. The molecule has 88 valence electrons. The minimum absolute atomic E-state index is 0.326. The molecule has 0 saturated carbocycles. The summed E-state index contributed by atoms with van der Waals surface area (Å²) in [5, 5.41) is 3.86. The molecule has 0 unspecified atom stereocenters. The number of pyridine rings is 1. The first-order valence-electron chi connectivity index (χ1n) is 4.79. The monoisotopic (exact) mass is 296 g/mol. The zero-order valence-corrected chi connectivity index (χ0v) is 10.8. The average Bonchev–Trinajstić information content (AvgIpc) is 2.70. The van der Waals surface area contributed by atoms with E-state index >= 15 is 0 Å². The molecule has 0 amide bonds. The number of hydrogen-bond donors (Lipinski definition) is 0. The molecule has 0 spiro atoms. The van der Waals surface area contributed by atoms with Gasteiger partial charge in [-0.05, 0) is 28.9 Å². The molecule has 0 N–H and O–H groups in total. The zero-order valence-electron chi connectivity index (χ0n) is 9.23. The van der Waals surface area contributed by atoms with Crippen LogP contribution in [0.5, 0.6) is 0 Å². The highest BCUT2D eigenvalue weighted by Crippen LogP contribution is 2.26. The Bertz CT molecular complexity index is 566. The maximum Gasteiger partial charge on any atom is 0.343 e. The third-order valence-corrected chi connectivity index (χ3v) is 2.66. The fourth-order valence-corrected chi connectivity index (χ4v) is 1.82. The minimum Gasteiger partial charge on any atom is -0.465 e. The third kappa shape index (κ3) is 2.21. The van der Waals surface area contributed by atoms with Crippen molar-refractivity contribution in [2.75, 3.05) is 7.11 Å². The van der Waals surface area contributed by atoms with E-state index in [1.54, 1.807) is 25.4 Å². The Morgan fingerprint density at radius 1 is 1.47 bits per heavy atom. The number of esters is 1. The number of hydrogen-bond acceptors (Lipinski definition) is 5. The van der Waals surface area contributed by atoms with Crippen molar-refractivity contribution in [1.82, 2.24) is 10.1 Å². The highest BCUT2D eigenvalue weighted by molar-refractivity contribution is 9.10. The van der Waals surface area contributed by atoms with Crippen LogP contribution in [0.2, 0.25) is 0 Å². The number of aryl methyl sites for hydroxylation is 1. The molecule has 2 aromatic rings. The topological polar surface area (TPSA) is 65.2 Å². The molecule has 0 fully saturated rings. The molecule has 2 rings (SSSR count). The van der Waals surface area contributed by atoms with Crippen molar-refractivity contribution in [2.24, 2.45) is 0 Å². The van der Waals surface area contributed by atoms with Crippen LogP contribution in [0, 0.1) is 6.92 Å². The Morgan fingerprint density at radius 2 is 2.24 bits per heavy atom. The van der Waals surface area contributed by atoms with Gasteiger partial charge < -0.3 is 9.26 Å². The lowest BCUT2D eigenvalue weighted by atomic mass is 10.1. The van der Waals surface area contributed by atoms with Crippen molar-refractivity contribution in [2.45, 2.75) is 6.92 Å². The van der Waals surface area contributed by atoms with Crippen LogP contribution in [0.3, 0.4) is 0 Å². The highest BCUT2D eigenvalue weighted by Gasteiger charge is 2.22. The molecule has 6 heteroatoms. The van der Waals surface area contributed by atoms with E-state index in [9.17, 15) is 4.79 Å². The molecule has 0 bridgehead atoms. The van der Waals surface area contributed by atoms with Crippen LogP contribution in [0.4, 0.5) is 0 Å². The van der Waals surface area contributed by atoms with Gasteiger partial charge in [0.05, 0.1) is 7.11 Å². The van der Waals surface area contributed by atoms with Crippen LogP contribution in [0.1, 0.15) is 16.1 Å². The van der Waals surface area contributed by atoms with Crippen molar-refractivity contribution in [3.05, 3.63) is 34.3 Å². The van der Waals surface area contributed by atoms with E-state index in [1.807, 2.05) is 0 Å². The quantitative estimate of drug-likeness (QED) is 0.797. The van der Waals surface area contributed by atoms with Crippen LogP contribution < -0.4 is 0 Å². The Labute approximate surface area is 106 Å². The second kappa shape index (κ2) is 4.67. The summed E-state index contributed by atoms with van der Waals surface area (Å²) in [5.74, 6) is -0.0504. The average molecular weight is 297 g/mol. The molecular weight excluding hydrogens is 288 g/mol. The number of ether oxygens (including phenoxy) is 1. The molecule has 0 saturated heterocycles. The number of rotatable bonds is 2. The summed E-state index contributed by atoms with van der Waals surface area (Å²) in [4.78, 5) is 15.6. The van der Waals surface area contributed by atoms with Crippen molar-refractivity contribution in [3.8, 4) is 11.3 Å². The summed E-state index contributed by atoms with van der Waals surface area (Å²) in [5.41, 5.74) is 1.45. The molecule has 0 aliphatic rings. The fourth-order valence-electron chi connectivity index (χ4n) is 1.45. The van der Waals surface area contributed by atoms with E-state index in [0.29, 0.717) is 22.6 Å². The van der Waals surface area contributed by atoms with Crippen LogP contribution in [0.15, 0.2) is 27.5 Å². The van der Waals surface area contributed by atoms with E-state index in [2.05, 4.69) is 26.1 Å². The first-order valence-corrected chi connectivity index (χ1v) is 5.58. The molecule has 0 atom stereocenters. The standard InChI is InChI=1S/C11H9BrN2O3/c1-6-9(11(15)16-2)10(14-17-6)7-3-8(12)5-13-4-7/h3-5H,1-2H3. The summed E-state index contributed by atoms with van der Waals surface area (Å²) in [7, 11) is 1.32. The lowest BCUT2D eigenvalue weighted by molar-refractivity contribution is 0.0599. The van der Waals surface area contributed by atoms with E-state index in [1.165, 1.54) is 7.11 Å². The van der Waals surface area contributed by atoms with Crippen molar-refractivity contribution >= 4 is 21.9 Å².